The second-order valence-corrected chi connectivity index (χ2v) is 41.3. The summed E-state index contributed by atoms with van der Waals surface area (Å²) in [5.74, 6) is 0.414. The molecule has 8 aromatic rings. The van der Waals surface area contributed by atoms with E-state index >= 15 is 0 Å². The van der Waals surface area contributed by atoms with Crippen LogP contribution in [0.5, 0.6) is 5.88 Å². The number of aliphatic hydroxyl groups excluding tert-OH is 15. The molecule has 0 radical (unpaired) electrons. The number of carbonyl (C=O) groups excluding carboxylic acids is 3. The molecule has 6 saturated heterocycles. The van der Waals surface area contributed by atoms with E-state index in [1.807, 2.05) is 0 Å². The van der Waals surface area contributed by atoms with Crippen molar-refractivity contribution in [3.8, 4) is 5.88 Å². The molecule has 0 aliphatic carbocycles. The number of rotatable bonds is 24. The molecule has 6 fully saturated rings. The Labute approximate surface area is 868 Å². The Morgan fingerprint density at radius 2 is 0.718 bits per heavy atom. The molecule has 10 aliphatic heterocycles. The van der Waals surface area contributed by atoms with E-state index in [4.69, 9.17) is 115 Å². The predicted molar refractivity (Wildman–Crippen MR) is 538 cm³/mol. The third kappa shape index (κ3) is 23.5. The van der Waals surface area contributed by atoms with Gasteiger partial charge in [0.1, 0.15) is 175 Å². The minimum atomic E-state index is -1.39. The van der Waals surface area contributed by atoms with Crippen molar-refractivity contribution in [1.29, 1.82) is 0 Å². The van der Waals surface area contributed by atoms with Gasteiger partial charge < -0.3 is 192 Å². The molecule has 61 nitrogen and oxygen atoms in total. The molecular formula is C82H116N30O31S6. The van der Waals surface area contributed by atoms with Gasteiger partial charge in [-0.15, -0.1) is 0 Å². The van der Waals surface area contributed by atoms with Crippen LogP contribution < -0.4 is 108 Å². The second-order valence-electron chi connectivity index (χ2n) is 35.0. The average molecular weight is 2210 g/mol. The Kier molecular flexibility index (Phi) is 36.7. The number of hydrogen-bond donors (Lipinski definition) is 28. The van der Waals surface area contributed by atoms with E-state index in [1.165, 1.54) is 58.4 Å². The number of nitrogens with two attached hydrogens (primary N) is 10. The number of aromatic nitrogens is 14. The minimum Gasteiger partial charge on any atom is -0.480 e. The summed E-state index contributed by atoms with van der Waals surface area (Å²) in [4.78, 5) is 126. The van der Waals surface area contributed by atoms with Crippen molar-refractivity contribution in [2.24, 2.45) is 35.0 Å². The smallest absolute Gasteiger partial charge is 0.323 e. The number of esters is 3. The van der Waals surface area contributed by atoms with Crippen molar-refractivity contribution >= 4 is 185 Å². The molecule has 0 saturated carbocycles. The molecule has 0 bridgehead atoms. The molecule has 816 valence electrons. The van der Waals surface area contributed by atoms with Gasteiger partial charge in [0.15, 0.2) is 71.9 Å². The van der Waals surface area contributed by atoms with Crippen LogP contribution in [0.3, 0.4) is 0 Å². The molecule has 8 aromatic heterocycles. The highest BCUT2D eigenvalue weighted by Gasteiger charge is 2.56. The third-order valence-electron chi connectivity index (χ3n) is 24.1. The number of nitrogen functional groups attached to an aromatic ring is 7. The molecule has 18 rings (SSSR count). The van der Waals surface area contributed by atoms with Gasteiger partial charge in [0.05, 0.1) is 72.6 Å². The molecule has 0 unspecified atom stereocenters. The van der Waals surface area contributed by atoms with Crippen LogP contribution in [0.2, 0.25) is 0 Å². The van der Waals surface area contributed by atoms with Crippen molar-refractivity contribution in [3.63, 3.8) is 0 Å². The second kappa shape index (κ2) is 47.7. The Balaban J connectivity index is 0.000000150. The number of aromatic amines is 1. The first-order valence-corrected chi connectivity index (χ1v) is 50.0. The predicted octanol–water partition coefficient (Wildman–Crippen LogP) is -7.81. The van der Waals surface area contributed by atoms with Crippen LogP contribution in [0, 0.1) is 17.8 Å². The number of hydrogen-bond acceptors (Lipinski definition) is 64. The normalized spacial score (nSPS) is 28.6. The first kappa shape index (κ1) is 115. The van der Waals surface area contributed by atoms with Crippen molar-refractivity contribution in [3.05, 3.63) is 82.3 Å². The number of aliphatic hydroxyl groups is 15. The van der Waals surface area contributed by atoms with Gasteiger partial charge in [-0.2, -0.15) is 49.8 Å². The number of thiazole rings is 2. The third-order valence-corrected chi connectivity index (χ3v) is 30.0. The summed E-state index contributed by atoms with van der Waals surface area (Å²) < 4.78 is 57.0. The molecule has 18 heterocycles. The van der Waals surface area contributed by atoms with Gasteiger partial charge in [-0.25, -0.2) is 4.98 Å². The maximum atomic E-state index is 12.2. The van der Waals surface area contributed by atoms with E-state index in [2.05, 4.69) is 96.8 Å². The zero-order valence-electron chi connectivity index (χ0n) is 80.5. The maximum Gasteiger partial charge on any atom is 0.323 e. The topological polar surface area (TPSA) is 963 Å². The summed E-state index contributed by atoms with van der Waals surface area (Å²) in [7, 11) is 4.79. The highest BCUT2D eigenvalue weighted by molar-refractivity contribution is 8.04. The van der Waals surface area contributed by atoms with E-state index in [0.29, 0.717) is 73.3 Å². The standard InChI is InChI=1S/C17H26N6O5S.C16H24N6O5S.C16H23N5O6S.C12H17N5O4S.C11H14N4O6S.C10H12N4O5S/c1-6(2)9(18)16(26)27-5-8-10(24)11(25)15(28-8)23-7(3)29-12-13(20-4)21-17(19)22-14(12)23;1-5(2)8(17)15(25)26-4-7-9(23)10(24)14(27-7)22-6(3)28-11-12(18)20-16(19)21-13(11)22;1-5(2)8(17)15(25)26-4-7-9(22)10(23)14(27-7)21-6(3)28-11-12(21)19-16(18)20-13(11)24;1-4-17(11-7(20)6(19)5(3-18)21-11)10-8(22-4)9(14-2)15-12(13)16-10;1-20-8-6-7(13-10(12)14-8)15(11(19)22-6)9-5(18)4(17)3(2-16)21-9;11-9-12-1-4-7(13-9)14(10(18)20-4)8-6(17)5(16)3(2-15)19-8/h6,8-11,15,24-25H,3,5,18H2,1-2,4H3,(H3,19,20,21,22);5,7-10,14,23-24H,3-4,17H2,1-2H3,(H4,18,19,20,21);5,7-10,14,22-23H,3-4,17H2,1-2H3,(H3,18,19,20,24);5-7,11,18-20H,1,3H2,2H3,(H3,13,14,15,16);3-5,9,16-18H,2H2,1H3,(H2,12,13,14);1,3,5-6,8,15-17H,2H2,(H2,11,12,13)/t8-,9+,10-,11-,15-;2*7-,8+,9-,10-,14-;5-,6-,7-,11-;3-,4-,5-,9-;3-,5-,6-,8-/m111111/s1. The average Bonchev–Trinajstić information content (AvgIpc) is 1.64. The Morgan fingerprint density at radius 3 is 1.08 bits per heavy atom. The van der Waals surface area contributed by atoms with Crippen LogP contribution in [0.1, 0.15) is 54.0 Å². The van der Waals surface area contributed by atoms with Gasteiger partial charge in [-0.3, -0.25) is 62.5 Å². The summed E-state index contributed by atoms with van der Waals surface area (Å²) in [6, 6.07) is -2.38. The molecule has 67 heteroatoms. The van der Waals surface area contributed by atoms with Crippen LogP contribution >= 0.6 is 69.7 Å². The van der Waals surface area contributed by atoms with Gasteiger partial charge in [0.2, 0.25) is 41.6 Å². The minimum absolute atomic E-state index is 0.0178. The monoisotopic (exact) mass is 2210 g/mol. The number of H-pyrrole nitrogens is 1. The summed E-state index contributed by atoms with van der Waals surface area (Å²) in [6.07, 6.45) is -26.3. The number of nitrogens with zero attached hydrogens (tertiary/aromatic N) is 17. The highest BCUT2D eigenvalue weighted by Crippen LogP contribution is 2.54. The quantitative estimate of drug-likeness (QED) is 0.0197. The molecule has 149 heavy (non-hydrogen) atoms. The van der Waals surface area contributed by atoms with Gasteiger partial charge >= 0.3 is 27.7 Å². The van der Waals surface area contributed by atoms with Gasteiger partial charge in [-0.1, -0.05) is 138 Å². The van der Waals surface area contributed by atoms with E-state index in [-0.39, 0.29) is 107 Å². The fraction of sp³-hybridized carbons (Fsp3) is 0.549. The maximum absolute atomic E-state index is 12.2. The van der Waals surface area contributed by atoms with Crippen LogP contribution in [0.25, 0.3) is 20.7 Å². The molecule has 0 aromatic carbocycles. The number of nitrogens with one attached hydrogen (secondary N) is 3. The number of methoxy groups -OCH3 is 1. The summed E-state index contributed by atoms with van der Waals surface area (Å²) in [5, 5.41) is 157. The molecule has 38 N–H and O–H groups in total. The lowest BCUT2D eigenvalue weighted by molar-refractivity contribution is -0.152. The number of ether oxygens (including phenoxy) is 10. The van der Waals surface area contributed by atoms with Crippen LogP contribution in [0.15, 0.2) is 86.6 Å². The van der Waals surface area contributed by atoms with Crippen LogP contribution in [0.4, 0.5) is 76.4 Å². The molecule has 0 spiro atoms. The van der Waals surface area contributed by atoms with Gasteiger partial charge in [0, 0.05) is 14.1 Å². The lowest BCUT2D eigenvalue weighted by Crippen LogP contribution is -2.43. The number of thioether (sulfide) groups is 4. The van der Waals surface area contributed by atoms with E-state index in [9.17, 15) is 95.2 Å². The first-order chi connectivity index (χ1) is 70.3. The van der Waals surface area contributed by atoms with Crippen molar-refractivity contribution in [2.45, 2.75) is 226 Å². The van der Waals surface area contributed by atoms with Crippen LogP contribution in [-0.2, 0) is 57.0 Å². The molecule has 0 amide bonds. The van der Waals surface area contributed by atoms with E-state index in [1.54, 1.807) is 65.4 Å². The van der Waals surface area contributed by atoms with Crippen molar-refractivity contribution in [1.82, 2.24) is 68.9 Å². The van der Waals surface area contributed by atoms with E-state index in [0.717, 1.165) is 43.6 Å². The van der Waals surface area contributed by atoms with Crippen molar-refractivity contribution in [2.75, 3.05) is 131 Å². The largest absolute Gasteiger partial charge is 0.480 e. The fourth-order valence-corrected chi connectivity index (χ4v) is 21.4. The number of fused-ring (bicyclic) bond motifs is 6. The number of anilines is 13. The summed E-state index contributed by atoms with van der Waals surface area (Å²) >= 11 is 6.53. The molecular weight excluding hydrogens is 2090 g/mol. The summed E-state index contributed by atoms with van der Waals surface area (Å²) in [5.41, 5.74) is 56.9. The highest BCUT2D eigenvalue weighted by atomic mass is 32.2. The van der Waals surface area contributed by atoms with E-state index < -0.39 is 218 Å². The molecule has 10 aliphatic rings. The summed E-state index contributed by atoms with van der Waals surface area (Å²) in [6.45, 7) is 24.2. The molecule has 27 atom stereocenters. The van der Waals surface area contributed by atoms with Gasteiger partial charge in [-0.05, 0) is 17.8 Å². The first-order valence-electron chi connectivity index (χ1n) is 45.1. The van der Waals surface area contributed by atoms with Crippen LogP contribution in [-0.4, -0.2) is 377 Å². The lowest BCUT2D eigenvalue weighted by atomic mass is 10.1. The Bertz CT molecular complexity index is 6470. The SMILES string of the molecule is C=C1Sc2c(N)nc(N)nc2N1[C@@H]1O[C@H](COC(=O)[C@@H](N)C(C)C)[C@@H](O)[C@H]1O.C=C1Sc2c(NC)nc(N)nc2N1[C@@H]1O[C@H](CO)[C@@H](O)[C@H]1O.C=C1Sc2c(NC)nc(N)nc2N1[C@@H]1O[C@H](COC(=O)[C@@H](N)C(C)C)[C@@H](O)[C@H]1O.C=C1Sc2c(nc(N)[nH]c2=O)N1[C@@H]1O[C@H](COC(=O)[C@@H](N)C(C)C)[C@@H](O)[C@H]1O.COc1nc(N)nc2c1sc(=O)n2[C@@H]1O[C@H](CO)[C@@H](O)[C@H]1O.Nc1ncc2sc(=O)n([C@@H]3O[C@H](CO)[C@@H](O)[C@H]3O)c2n1. The van der Waals surface area contributed by atoms with Crippen molar-refractivity contribution < 1.29 is 138 Å². The zero-order chi connectivity index (χ0) is 109. The fourth-order valence-electron chi connectivity index (χ4n) is 15.9. The lowest BCUT2D eigenvalue weighted by Gasteiger charge is -2.28. The van der Waals surface area contributed by atoms with Gasteiger partial charge in [0.25, 0.3) is 5.56 Å². The Hall–Kier alpha value is -11.3. The number of carbonyl (C=O) groups is 3. The zero-order valence-corrected chi connectivity index (χ0v) is 85.4. The Morgan fingerprint density at radius 1 is 0.409 bits per heavy atom.